The maximum absolute atomic E-state index is 12.1. The molecule has 194 valence electrons. The zero-order valence-electron chi connectivity index (χ0n) is 22.3. The summed E-state index contributed by atoms with van der Waals surface area (Å²) >= 11 is 0. The van der Waals surface area contributed by atoms with Crippen LogP contribution in [0.15, 0.2) is 91.0 Å². The number of hydrogen-bond donors (Lipinski definition) is 1. The van der Waals surface area contributed by atoms with Crippen LogP contribution >= 0.6 is 0 Å². The van der Waals surface area contributed by atoms with E-state index in [1.165, 1.54) is 7.11 Å². The van der Waals surface area contributed by atoms with Gasteiger partial charge in [-0.2, -0.15) is 0 Å². The number of rotatable bonds is 9. The largest absolute Gasteiger partial charge is 0.468 e. The molecule has 0 saturated carbocycles. The number of piperidine rings is 1. The molecule has 4 nitrogen and oxygen atoms in total. The lowest BCUT2D eigenvalue weighted by atomic mass is 9.72. The van der Waals surface area contributed by atoms with E-state index < -0.39 is 11.0 Å². The molecule has 0 spiro atoms. The molecule has 0 amide bonds. The SMILES string of the molecule is COC(=O)C(C)(C)c1ccc(/C=C/CCN2CCC(C(O)(c3ccccc3)c3ccccc3)CC2)cc1. The highest BCUT2D eigenvalue weighted by Gasteiger charge is 2.41. The van der Waals surface area contributed by atoms with Gasteiger partial charge >= 0.3 is 5.97 Å². The van der Waals surface area contributed by atoms with Crippen molar-refractivity contribution in [1.82, 2.24) is 4.90 Å². The van der Waals surface area contributed by atoms with E-state index in [4.69, 9.17) is 4.74 Å². The summed E-state index contributed by atoms with van der Waals surface area (Å²) in [7, 11) is 1.43. The van der Waals surface area contributed by atoms with E-state index in [1.807, 2.05) is 86.6 Å². The van der Waals surface area contributed by atoms with Crippen LogP contribution in [0.3, 0.4) is 0 Å². The molecule has 1 aliphatic rings. The first-order chi connectivity index (χ1) is 17.9. The summed E-state index contributed by atoms with van der Waals surface area (Å²) in [5.41, 5.74) is 2.40. The molecule has 4 heteroatoms. The van der Waals surface area contributed by atoms with Crippen molar-refractivity contribution in [1.29, 1.82) is 0 Å². The number of likely N-dealkylation sites (tertiary alicyclic amines) is 1. The maximum atomic E-state index is 12.1. The van der Waals surface area contributed by atoms with Crippen molar-refractivity contribution in [2.45, 2.75) is 44.1 Å². The molecule has 1 heterocycles. The van der Waals surface area contributed by atoms with E-state index in [-0.39, 0.29) is 11.9 Å². The predicted octanol–water partition coefficient (Wildman–Crippen LogP) is 6.19. The molecule has 1 fully saturated rings. The number of esters is 1. The second-order valence-electron chi connectivity index (χ2n) is 10.5. The van der Waals surface area contributed by atoms with Crippen molar-refractivity contribution in [2.75, 3.05) is 26.7 Å². The minimum atomic E-state index is -0.969. The Morgan fingerprint density at radius 2 is 1.43 bits per heavy atom. The van der Waals surface area contributed by atoms with Gasteiger partial charge in [-0.15, -0.1) is 0 Å². The Morgan fingerprint density at radius 3 is 1.95 bits per heavy atom. The lowest BCUT2D eigenvalue weighted by Gasteiger charge is -2.42. The summed E-state index contributed by atoms with van der Waals surface area (Å²) in [5, 5.41) is 12.1. The van der Waals surface area contributed by atoms with Gasteiger partial charge in [0.2, 0.25) is 0 Å². The van der Waals surface area contributed by atoms with E-state index >= 15 is 0 Å². The number of methoxy groups -OCH3 is 1. The number of ether oxygens (including phenoxy) is 1. The third-order valence-electron chi connectivity index (χ3n) is 7.86. The zero-order chi connectivity index (χ0) is 26.3. The molecule has 3 aromatic carbocycles. The van der Waals surface area contributed by atoms with Crippen LogP contribution in [-0.4, -0.2) is 42.7 Å². The average Bonchev–Trinajstić information content (AvgIpc) is 2.96. The number of benzene rings is 3. The summed E-state index contributed by atoms with van der Waals surface area (Å²) in [4.78, 5) is 14.5. The van der Waals surface area contributed by atoms with Crippen LogP contribution in [0.25, 0.3) is 6.08 Å². The molecule has 0 aliphatic carbocycles. The standard InChI is InChI=1S/C33H39NO3/c1-32(2,31(35)37-3)27-19-17-26(18-20-27)12-10-11-23-34-24-21-30(22-25-34)33(36,28-13-6-4-7-14-28)29-15-8-5-9-16-29/h4-10,12-20,30,36H,11,21-25H2,1-3H3/b12-10+. The summed E-state index contributed by atoms with van der Waals surface area (Å²) < 4.78 is 4.94. The lowest BCUT2D eigenvalue weighted by molar-refractivity contribution is -0.146. The first-order valence-electron chi connectivity index (χ1n) is 13.3. The minimum absolute atomic E-state index is 0.178. The molecule has 0 atom stereocenters. The second kappa shape index (κ2) is 11.9. The Kier molecular flexibility index (Phi) is 8.63. The lowest BCUT2D eigenvalue weighted by Crippen LogP contribution is -2.44. The third kappa shape index (κ3) is 6.03. The molecule has 1 N–H and O–H groups in total. The zero-order valence-corrected chi connectivity index (χ0v) is 22.3. The number of carbonyl (C=O) groups excluding carboxylic acids is 1. The average molecular weight is 498 g/mol. The van der Waals surface area contributed by atoms with Crippen LogP contribution in [0.1, 0.15) is 55.4 Å². The van der Waals surface area contributed by atoms with Crippen molar-refractivity contribution in [3.63, 3.8) is 0 Å². The highest BCUT2D eigenvalue weighted by atomic mass is 16.5. The van der Waals surface area contributed by atoms with Crippen LogP contribution in [-0.2, 0) is 20.5 Å². The number of nitrogens with zero attached hydrogens (tertiary/aromatic N) is 1. The van der Waals surface area contributed by atoms with Crippen LogP contribution in [0.5, 0.6) is 0 Å². The Labute approximate surface area is 221 Å². The molecule has 0 bridgehead atoms. The van der Waals surface area contributed by atoms with Gasteiger partial charge in [-0.1, -0.05) is 97.1 Å². The topological polar surface area (TPSA) is 49.8 Å². The van der Waals surface area contributed by atoms with Gasteiger partial charge in [0, 0.05) is 6.54 Å². The van der Waals surface area contributed by atoms with Crippen LogP contribution < -0.4 is 0 Å². The van der Waals surface area contributed by atoms with Crippen molar-refractivity contribution < 1.29 is 14.6 Å². The van der Waals surface area contributed by atoms with E-state index in [2.05, 4.69) is 29.2 Å². The van der Waals surface area contributed by atoms with E-state index in [9.17, 15) is 9.90 Å². The molecule has 37 heavy (non-hydrogen) atoms. The van der Waals surface area contributed by atoms with Gasteiger partial charge < -0.3 is 14.7 Å². The van der Waals surface area contributed by atoms with Gasteiger partial charge in [-0.05, 0) is 74.4 Å². The molecule has 0 radical (unpaired) electrons. The molecule has 1 aliphatic heterocycles. The second-order valence-corrected chi connectivity index (χ2v) is 10.5. The predicted molar refractivity (Wildman–Crippen MR) is 150 cm³/mol. The van der Waals surface area contributed by atoms with Crippen molar-refractivity contribution in [3.8, 4) is 0 Å². The molecule has 0 aromatic heterocycles. The van der Waals surface area contributed by atoms with E-state index in [0.717, 1.165) is 61.2 Å². The molecule has 1 saturated heterocycles. The van der Waals surface area contributed by atoms with Gasteiger partial charge in [-0.25, -0.2) is 0 Å². The number of carbonyl (C=O) groups is 1. The first-order valence-corrected chi connectivity index (χ1v) is 13.3. The van der Waals surface area contributed by atoms with Crippen LogP contribution in [0.2, 0.25) is 0 Å². The molecule has 3 aromatic rings. The fourth-order valence-corrected chi connectivity index (χ4v) is 5.46. The van der Waals surface area contributed by atoms with Crippen molar-refractivity contribution in [2.24, 2.45) is 5.92 Å². The van der Waals surface area contributed by atoms with Gasteiger partial charge in [-0.3, -0.25) is 4.79 Å². The van der Waals surface area contributed by atoms with E-state index in [1.54, 1.807) is 0 Å². The molecular weight excluding hydrogens is 458 g/mol. The normalized spacial score (nSPS) is 15.7. The first kappa shape index (κ1) is 26.8. The Bertz CT molecular complexity index is 1120. The number of aliphatic hydroxyl groups is 1. The van der Waals surface area contributed by atoms with Gasteiger partial charge in [0.1, 0.15) is 5.60 Å². The Balaban J connectivity index is 1.32. The van der Waals surface area contributed by atoms with Gasteiger partial charge in [0.25, 0.3) is 0 Å². The summed E-state index contributed by atoms with van der Waals surface area (Å²) in [6, 6.07) is 28.4. The fraction of sp³-hybridized carbons (Fsp3) is 0.364. The van der Waals surface area contributed by atoms with Crippen molar-refractivity contribution >= 4 is 12.0 Å². The molecular formula is C33H39NO3. The molecule has 0 unspecified atom stereocenters. The highest BCUT2D eigenvalue weighted by Crippen LogP contribution is 2.41. The highest BCUT2D eigenvalue weighted by molar-refractivity contribution is 5.82. The summed E-state index contributed by atoms with van der Waals surface area (Å²) in [5.74, 6) is -0.0533. The third-order valence-corrected chi connectivity index (χ3v) is 7.86. The summed E-state index contributed by atoms with van der Waals surface area (Å²) in [6.45, 7) is 6.74. The van der Waals surface area contributed by atoms with Gasteiger partial charge in [0.05, 0.1) is 12.5 Å². The fourth-order valence-electron chi connectivity index (χ4n) is 5.46. The smallest absolute Gasteiger partial charge is 0.315 e. The maximum Gasteiger partial charge on any atom is 0.315 e. The Hall–Kier alpha value is -3.21. The quantitative estimate of drug-likeness (QED) is 0.358. The van der Waals surface area contributed by atoms with Crippen LogP contribution in [0.4, 0.5) is 0 Å². The summed E-state index contributed by atoms with van der Waals surface area (Å²) in [6.07, 6.45) is 7.26. The Morgan fingerprint density at radius 1 is 0.892 bits per heavy atom. The van der Waals surface area contributed by atoms with Crippen molar-refractivity contribution in [3.05, 3.63) is 113 Å². The monoisotopic (exact) mass is 497 g/mol. The van der Waals surface area contributed by atoms with E-state index in [0.29, 0.717) is 0 Å². The number of hydrogen-bond acceptors (Lipinski definition) is 4. The van der Waals surface area contributed by atoms with Gasteiger partial charge in [0.15, 0.2) is 0 Å². The molecule has 4 rings (SSSR count). The van der Waals surface area contributed by atoms with Crippen LogP contribution in [0, 0.1) is 5.92 Å². The minimum Gasteiger partial charge on any atom is -0.468 e.